The molecule has 1 aromatic heterocycles. The minimum Gasteiger partial charge on any atom is -0.496 e. The first kappa shape index (κ1) is 28.7. The fourth-order valence-electron chi connectivity index (χ4n) is 6.78. The molecule has 4 heterocycles. The fourth-order valence-corrected chi connectivity index (χ4v) is 7.91. The second-order valence-corrected chi connectivity index (χ2v) is 12.7. The van der Waals surface area contributed by atoms with E-state index in [9.17, 15) is 4.79 Å². The van der Waals surface area contributed by atoms with Crippen molar-refractivity contribution < 1.29 is 19.0 Å². The Labute approximate surface area is 262 Å². The van der Waals surface area contributed by atoms with Gasteiger partial charge in [-0.3, -0.25) is 4.79 Å². The van der Waals surface area contributed by atoms with E-state index in [0.29, 0.717) is 18.1 Å². The fraction of sp³-hybridized carbons (Fsp3) is 0.412. The predicted octanol–water partition coefficient (Wildman–Crippen LogP) is 5.52. The maximum atomic E-state index is 13.9. The summed E-state index contributed by atoms with van der Waals surface area (Å²) in [7, 11) is 3.31. The summed E-state index contributed by atoms with van der Waals surface area (Å²) in [5, 5.41) is 6.95. The zero-order valence-electron chi connectivity index (χ0n) is 25.1. The van der Waals surface area contributed by atoms with E-state index in [-0.39, 0.29) is 23.8 Å². The molecule has 1 amide bonds. The molecule has 2 aromatic carbocycles. The van der Waals surface area contributed by atoms with Crippen LogP contribution in [0.2, 0.25) is 0 Å². The van der Waals surface area contributed by atoms with E-state index < -0.39 is 0 Å². The number of rotatable bonds is 8. The number of carbonyl (C=O) groups excluding carboxylic acids is 1. The van der Waals surface area contributed by atoms with E-state index in [4.69, 9.17) is 19.3 Å². The summed E-state index contributed by atoms with van der Waals surface area (Å²) in [5.74, 6) is 4.21. The van der Waals surface area contributed by atoms with Crippen LogP contribution in [0.1, 0.15) is 42.5 Å². The number of hydrogen-bond donors (Lipinski definition) is 0. The van der Waals surface area contributed by atoms with E-state index >= 15 is 0 Å². The van der Waals surface area contributed by atoms with E-state index in [1.54, 1.807) is 20.5 Å². The van der Waals surface area contributed by atoms with Gasteiger partial charge in [-0.05, 0) is 49.9 Å². The van der Waals surface area contributed by atoms with Gasteiger partial charge in [0.2, 0.25) is 5.91 Å². The Bertz CT molecular complexity index is 1600. The molecule has 228 valence electrons. The number of allylic oxidation sites excluding steroid dienone is 2. The number of ether oxygens (including phenoxy) is 3. The standard InChI is InChI=1S/C34H37N5O4S/c1-41-28-10-6-3-7-23(28)20-43-30-19-22(11-12-29(30)42-2)31-25-8-4-5-9-26(25)34(40)39(37-31)24-13-16-38(17-14-24)33-32-27(15-18-44-32)35-21-36-33/h3-7,10-12,19,21,24-26H,8-9,13-18,20H2,1-2H3/t25-,26+/m0/s1. The molecule has 3 aromatic rings. The van der Waals surface area contributed by atoms with Gasteiger partial charge in [0.05, 0.1) is 42.5 Å². The summed E-state index contributed by atoms with van der Waals surface area (Å²) in [6.45, 7) is 2.00. The van der Waals surface area contributed by atoms with Gasteiger partial charge in [0, 0.05) is 42.3 Å². The molecule has 1 saturated heterocycles. The van der Waals surface area contributed by atoms with Crippen LogP contribution in [0.4, 0.5) is 5.82 Å². The van der Waals surface area contributed by atoms with Crippen molar-refractivity contribution in [3.8, 4) is 17.2 Å². The summed E-state index contributed by atoms with van der Waals surface area (Å²) < 4.78 is 17.5. The molecule has 9 nitrogen and oxygen atoms in total. The second-order valence-electron chi connectivity index (χ2n) is 11.6. The Morgan fingerprint density at radius 2 is 1.73 bits per heavy atom. The van der Waals surface area contributed by atoms with Gasteiger partial charge in [0.25, 0.3) is 0 Å². The smallest absolute Gasteiger partial charge is 0.247 e. The van der Waals surface area contributed by atoms with Crippen LogP contribution < -0.4 is 19.1 Å². The molecule has 0 bridgehead atoms. The molecule has 2 atom stereocenters. The minimum absolute atomic E-state index is 0.0277. The summed E-state index contributed by atoms with van der Waals surface area (Å²) >= 11 is 1.85. The number of piperidine rings is 1. The van der Waals surface area contributed by atoms with Crippen molar-refractivity contribution in [2.75, 3.05) is 38.0 Å². The van der Waals surface area contributed by atoms with Crippen LogP contribution in [0.15, 0.2) is 70.9 Å². The van der Waals surface area contributed by atoms with Crippen LogP contribution in [0.3, 0.4) is 0 Å². The third-order valence-electron chi connectivity index (χ3n) is 9.13. The van der Waals surface area contributed by atoms with Crippen LogP contribution in [0.25, 0.3) is 0 Å². The number of nitrogens with zero attached hydrogens (tertiary/aromatic N) is 5. The van der Waals surface area contributed by atoms with Crippen molar-refractivity contribution in [3.05, 3.63) is 77.8 Å². The number of fused-ring (bicyclic) bond motifs is 2. The second kappa shape index (κ2) is 12.5. The van der Waals surface area contributed by atoms with Crippen molar-refractivity contribution in [1.82, 2.24) is 15.0 Å². The van der Waals surface area contributed by atoms with Crippen LogP contribution in [0, 0.1) is 11.8 Å². The molecule has 0 radical (unpaired) electrons. The maximum absolute atomic E-state index is 13.9. The van der Waals surface area contributed by atoms with Crippen molar-refractivity contribution in [3.63, 3.8) is 0 Å². The molecule has 0 saturated carbocycles. The topological polar surface area (TPSA) is 89.4 Å². The molecule has 1 aliphatic carbocycles. The van der Waals surface area contributed by atoms with Gasteiger partial charge in [-0.25, -0.2) is 15.0 Å². The lowest BCUT2D eigenvalue weighted by Gasteiger charge is -2.43. The molecule has 3 aliphatic heterocycles. The highest BCUT2D eigenvalue weighted by Crippen LogP contribution is 2.40. The van der Waals surface area contributed by atoms with Crippen molar-refractivity contribution in [2.24, 2.45) is 16.9 Å². The number of benzene rings is 2. The lowest BCUT2D eigenvalue weighted by atomic mass is 9.76. The Morgan fingerprint density at radius 1 is 0.932 bits per heavy atom. The average Bonchev–Trinajstić information content (AvgIpc) is 3.57. The Morgan fingerprint density at radius 3 is 2.55 bits per heavy atom. The first-order valence-electron chi connectivity index (χ1n) is 15.4. The predicted molar refractivity (Wildman–Crippen MR) is 171 cm³/mol. The van der Waals surface area contributed by atoms with Gasteiger partial charge in [0.15, 0.2) is 11.5 Å². The SMILES string of the molecule is COc1ccccc1COc1cc(C2=NN(C3CCN(c4ncnc5c4SCC5)CC3)C(=O)[C@@H]3CC=CC[C@H]23)ccc1OC. The average molecular weight is 612 g/mol. The Kier molecular flexibility index (Phi) is 8.16. The van der Waals surface area contributed by atoms with Gasteiger partial charge in [-0.15, -0.1) is 11.8 Å². The summed E-state index contributed by atoms with van der Waals surface area (Å²) in [6.07, 6.45) is 10.2. The number of carbonyl (C=O) groups is 1. The number of anilines is 1. The molecule has 0 spiro atoms. The first-order valence-corrected chi connectivity index (χ1v) is 16.3. The number of thioether (sulfide) groups is 1. The monoisotopic (exact) mass is 611 g/mol. The summed E-state index contributed by atoms with van der Waals surface area (Å²) in [4.78, 5) is 26.6. The van der Waals surface area contributed by atoms with E-state index in [0.717, 1.165) is 85.0 Å². The van der Waals surface area contributed by atoms with Gasteiger partial charge in [0.1, 0.15) is 24.5 Å². The van der Waals surface area contributed by atoms with Crippen molar-refractivity contribution in [2.45, 2.75) is 49.6 Å². The van der Waals surface area contributed by atoms with Crippen LogP contribution in [-0.2, 0) is 17.8 Å². The zero-order chi connectivity index (χ0) is 30.0. The van der Waals surface area contributed by atoms with E-state index in [2.05, 4.69) is 27.0 Å². The van der Waals surface area contributed by atoms with Crippen molar-refractivity contribution >= 4 is 29.2 Å². The molecular weight excluding hydrogens is 574 g/mol. The molecule has 0 N–H and O–H groups in total. The number of methoxy groups -OCH3 is 2. The first-order chi connectivity index (χ1) is 21.6. The summed E-state index contributed by atoms with van der Waals surface area (Å²) in [5.41, 5.74) is 4.00. The van der Waals surface area contributed by atoms with Gasteiger partial charge >= 0.3 is 0 Å². The highest BCUT2D eigenvalue weighted by Gasteiger charge is 2.43. The Hall–Kier alpha value is -4.05. The maximum Gasteiger partial charge on any atom is 0.247 e. The minimum atomic E-state index is -0.118. The van der Waals surface area contributed by atoms with Crippen LogP contribution in [-0.4, -0.2) is 65.7 Å². The van der Waals surface area contributed by atoms with Gasteiger partial charge in [-0.2, -0.15) is 5.10 Å². The Balaban J connectivity index is 1.15. The number of amides is 1. The van der Waals surface area contributed by atoms with E-state index in [1.165, 1.54) is 4.90 Å². The summed E-state index contributed by atoms with van der Waals surface area (Å²) in [6, 6.07) is 13.8. The molecule has 44 heavy (non-hydrogen) atoms. The lowest BCUT2D eigenvalue weighted by molar-refractivity contribution is -0.140. The van der Waals surface area contributed by atoms with Crippen LogP contribution in [0.5, 0.6) is 17.2 Å². The third-order valence-corrected chi connectivity index (χ3v) is 10.2. The molecular formula is C34H37N5O4S. The zero-order valence-corrected chi connectivity index (χ0v) is 26.0. The van der Waals surface area contributed by atoms with E-state index in [1.807, 2.05) is 59.2 Å². The van der Waals surface area contributed by atoms with Gasteiger partial charge < -0.3 is 19.1 Å². The normalized spacial score (nSPS) is 21.5. The number of para-hydroxylation sites is 1. The molecule has 1 fully saturated rings. The largest absolute Gasteiger partial charge is 0.496 e. The molecule has 7 rings (SSSR count). The third kappa shape index (κ3) is 5.40. The highest BCUT2D eigenvalue weighted by atomic mass is 32.2. The quantitative estimate of drug-likeness (QED) is 0.308. The van der Waals surface area contributed by atoms with Gasteiger partial charge in [-0.1, -0.05) is 30.4 Å². The number of aromatic nitrogens is 2. The van der Waals surface area contributed by atoms with Crippen molar-refractivity contribution in [1.29, 1.82) is 0 Å². The molecule has 0 unspecified atom stereocenters. The van der Waals surface area contributed by atoms with Crippen LogP contribution >= 0.6 is 11.8 Å². The number of aryl methyl sites for hydroxylation is 1. The number of hydrazone groups is 1. The lowest BCUT2D eigenvalue weighted by Crippen LogP contribution is -2.52. The number of hydrogen-bond acceptors (Lipinski definition) is 9. The molecule has 10 heteroatoms. The highest BCUT2D eigenvalue weighted by molar-refractivity contribution is 7.99. The molecule has 4 aliphatic rings.